The van der Waals surface area contributed by atoms with Crippen LogP contribution in [0.15, 0.2) is 24.3 Å². The van der Waals surface area contributed by atoms with E-state index >= 15 is 0 Å². The van der Waals surface area contributed by atoms with Crippen LogP contribution in [0.1, 0.15) is 31.4 Å². The van der Waals surface area contributed by atoms with Gasteiger partial charge in [-0.1, -0.05) is 29.8 Å². The second-order valence-electron chi connectivity index (χ2n) is 6.49. The van der Waals surface area contributed by atoms with E-state index < -0.39 is 0 Å². The van der Waals surface area contributed by atoms with E-state index in [1.54, 1.807) is 4.90 Å². The van der Waals surface area contributed by atoms with E-state index in [-0.39, 0.29) is 18.0 Å². The number of urea groups is 1. The Bertz CT molecular complexity index is 540. The van der Waals surface area contributed by atoms with Gasteiger partial charge in [0.05, 0.1) is 6.42 Å². The molecule has 0 radical (unpaired) electrons. The first-order chi connectivity index (χ1) is 11.0. The Morgan fingerprint density at radius 1 is 1.04 bits per heavy atom. The number of hydrogen-bond acceptors (Lipinski definition) is 2. The summed E-state index contributed by atoms with van der Waals surface area (Å²) < 4.78 is 0. The van der Waals surface area contributed by atoms with Crippen LogP contribution in [0.25, 0.3) is 0 Å². The molecule has 5 heteroatoms. The molecular formula is C18H27N3O2. The highest BCUT2D eigenvalue weighted by Gasteiger charge is 2.22. The number of aryl methyl sites for hydroxylation is 1. The molecule has 2 rings (SSSR count). The summed E-state index contributed by atoms with van der Waals surface area (Å²) in [5.74, 6) is 0.139. The number of nitrogens with one attached hydrogen (secondary N) is 1. The first kappa shape index (κ1) is 17.3. The van der Waals surface area contributed by atoms with E-state index in [1.807, 2.05) is 49.9 Å². The van der Waals surface area contributed by atoms with E-state index in [0.717, 1.165) is 18.5 Å². The van der Waals surface area contributed by atoms with Crippen LogP contribution in [-0.2, 0) is 11.2 Å². The molecule has 0 spiro atoms. The Kier molecular flexibility index (Phi) is 6.02. The van der Waals surface area contributed by atoms with Crippen molar-refractivity contribution in [1.82, 2.24) is 15.1 Å². The summed E-state index contributed by atoms with van der Waals surface area (Å²) in [7, 11) is 0. The van der Waals surface area contributed by atoms with Crippen molar-refractivity contribution in [2.75, 3.05) is 26.2 Å². The van der Waals surface area contributed by atoms with Gasteiger partial charge in [-0.05, 0) is 32.8 Å². The predicted molar refractivity (Wildman–Crippen MR) is 91.3 cm³/mol. The Morgan fingerprint density at radius 2 is 1.65 bits per heavy atom. The number of carbonyl (C=O) groups is 2. The maximum absolute atomic E-state index is 12.5. The number of hydrogen-bond donors (Lipinski definition) is 1. The molecule has 5 nitrogen and oxygen atoms in total. The molecule has 0 bridgehead atoms. The zero-order valence-corrected chi connectivity index (χ0v) is 14.3. The number of carbonyl (C=O) groups excluding carboxylic acids is 2. The van der Waals surface area contributed by atoms with E-state index in [4.69, 9.17) is 0 Å². The summed E-state index contributed by atoms with van der Waals surface area (Å²) in [6.45, 7) is 8.56. The van der Waals surface area contributed by atoms with Crippen LogP contribution in [0, 0.1) is 6.92 Å². The second-order valence-corrected chi connectivity index (χ2v) is 6.49. The number of rotatable bonds is 3. The molecule has 0 atom stereocenters. The standard InChI is InChI=1S/C18H27N3O2/c1-14(2)19-18(23)21-10-4-9-20(11-12-21)17(22)13-16-7-5-15(3)6-8-16/h5-8,14H,4,9-13H2,1-3H3,(H,19,23). The summed E-state index contributed by atoms with van der Waals surface area (Å²) in [6.07, 6.45) is 1.25. The van der Waals surface area contributed by atoms with Crippen molar-refractivity contribution in [1.29, 1.82) is 0 Å². The first-order valence-corrected chi connectivity index (χ1v) is 8.34. The van der Waals surface area contributed by atoms with Gasteiger partial charge in [-0.25, -0.2) is 4.79 Å². The maximum Gasteiger partial charge on any atom is 0.317 e. The Balaban J connectivity index is 1.88. The average molecular weight is 317 g/mol. The normalized spacial score (nSPS) is 15.5. The van der Waals surface area contributed by atoms with Crippen molar-refractivity contribution in [3.8, 4) is 0 Å². The summed E-state index contributed by atoms with van der Waals surface area (Å²) in [5, 5.41) is 2.91. The molecule has 1 aromatic rings. The number of nitrogens with zero attached hydrogens (tertiary/aromatic N) is 2. The Morgan fingerprint density at radius 3 is 2.30 bits per heavy atom. The zero-order valence-electron chi connectivity index (χ0n) is 14.3. The highest BCUT2D eigenvalue weighted by Crippen LogP contribution is 2.09. The van der Waals surface area contributed by atoms with Crippen LogP contribution in [0.2, 0.25) is 0 Å². The molecule has 1 N–H and O–H groups in total. The molecule has 1 aliphatic heterocycles. The lowest BCUT2D eigenvalue weighted by molar-refractivity contribution is -0.130. The maximum atomic E-state index is 12.5. The van der Waals surface area contributed by atoms with Crippen molar-refractivity contribution in [2.45, 2.75) is 39.7 Å². The van der Waals surface area contributed by atoms with Gasteiger partial charge in [-0.3, -0.25) is 4.79 Å². The lowest BCUT2D eigenvalue weighted by atomic mass is 10.1. The van der Waals surface area contributed by atoms with Crippen LogP contribution in [0.3, 0.4) is 0 Å². The van der Waals surface area contributed by atoms with Gasteiger partial charge in [0.1, 0.15) is 0 Å². The minimum absolute atomic E-state index is 0.0344. The lowest BCUT2D eigenvalue weighted by Gasteiger charge is -2.23. The molecule has 23 heavy (non-hydrogen) atoms. The molecule has 1 heterocycles. The minimum atomic E-state index is -0.0344. The molecular weight excluding hydrogens is 290 g/mol. The van der Waals surface area contributed by atoms with Crippen LogP contribution in [0.4, 0.5) is 4.79 Å². The second kappa shape index (κ2) is 7.99. The van der Waals surface area contributed by atoms with E-state index in [1.165, 1.54) is 5.56 Å². The third-order valence-corrected chi connectivity index (χ3v) is 4.02. The number of amides is 3. The van der Waals surface area contributed by atoms with Gasteiger partial charge >= 0.3 is 6.03 Å². The molecule has 0 saturated carbocycles. The van der Waals surface area contributed by atoms with Gasteiger partial charge in [-0.2, -0.15) is 0 Å². The Hall–Kier alpha value is -2.04. The predicted octanol–water partition coefficient (Wildman–Crippen LogP) is 2.19. The largest absolute Gasteiger partial charge is 0.341 e. The monoisotopic (exact) mass is 317 g/mol. The Labute approximate surface area is 138 Å². The van der Waals surface area contributed by atoms with Crippen molar-refractivity contribution in [3.63, 3.8) is 0 Å². The topological polar surface area (TPSA) is 52.7 Å². The van der Waals surface area contributed by atoms with Gasteiger partial charge in [0.25, 0.3) is 0 Å². The molecule has 1 saturated heterocycles. The van der Waals surface area contributed by atoms with Gasteiger partial charge in [0.2, 0.25) is 5.91 Å². The van der Waals surface area contributed by atoms with Crippen molar-refractivity contribution in [3.05, 3.63) is 35.4 Å². The molecule has 1 aliphatic rings. The molecule has 126 valence electrons. The average Bonchev–Trinajstić information content (AvgIpc) is 2.75. The molecule has 0 aliphatic carbocycles. The van der Waals surface area contributed by atoms with Gasteiger partial charge in [0, 0.05) is 32.2 Å². The molecule has 1 aromatic carbocycles. The highest BCUT2D eigenvalue weighted by atomic mass is 16.2. The van der Waals surface area contributed by atoms with Crippen LogP contribution < -0.4 is 5.32 Å². The van der Waals surface area contributed by atoms with Gasteiger partial charge < -0.3 is 15.1 Å². The summed E-state index contributed by atoms with van der Waals surface area (Å²) >= 11 is 0. The summed E-state index contributed by atoms with van der Waals surface area (Å²) in [4.78, 5) is 28.2. The fourth-order valence-electron chi connectivity index (χ4n) is 2.70. The smallest absolute Gasteiger partial charge is 0.317 e. The van der Waals surface area contributed by atoms with E-state index in [2.05, 4.69) is 5.32 Å². The quantitative estimate of drug-likeness (QED) is 0.929. The van der Waals surface area contributed by atoms with Crippen LogP contribution in [-0.4, -0.2) is 54.0 Å². The number of benzene rings is 1. The molecule has 3 amide bonds. The third kappa shape index (κ3) is 5.27. The third-order valence-electron chi connectivity index (χ3n) is 4.02. The fourth-order valence-corrected chi connectivity index (χ4v) is 2.70. The van der Waals surface area contributed by atoms with Gasteiger partial charge in [0.15, 0.2) is 0 Å². The zero-order chi connectivity index (χ0) is 16.8. The fraction of sp³-hybridized carbons (Fsp3) is 0.556. The SMILES string of the molecule is Cc1ccc(CC(=O)N2CCCN(C(=O)NC(C)C)CC2)cc1. The minimum Gasteiger partial charge on any atom is -0.341 e. The lowest BCUT2D eigenvalue weighted by Crippen LogP contribution is -2.45. The van der Waals surface area contributed by atoms with Crippen molar-refractivity contribution < 1.29 is 9.59 Å². The van der Waals surface area contributed by atoms with Crippen LogP contribution in [0.5, 0.6) is 0 Å². The highest BCUT2D eigenvalue weighted by molar-refractivity contribution is 5.79. The van der Waals surface area contributed by atoms with Gasteiger partial charge in [-0.15, -0.1) is 0 Å². The molecule has 1 fully saturated rings. The summed E-state index contributed by atoms with van der Waals surface area (Å²) in [5.41, 5.74) is 2.24. The van der Waals surface area contributed by atoms with E-state index in [0.29, 0.717) is 26.1 Å². The van der Waals surface area contributed by atoms with Crippen molar-refractivity contribution >= 4 is 11.9 Å². The van der Waals surface area contributed by atoms with Crippen molar-refractivity contribution in [2.24, 2.45) is 0 Å². The van der Waals surface area contributed by atoms with E-state index in [9.17, 15) is 9.59 Å². The first-order valence-electron chi connectivity index (χ1n) is 8.34. The molecule has 0 aromatic heterocycles. The molecule has 0 unspecified atom stereocenters. The summed E-state index contributed by atoms with van der Waals surface area (Å²) in [6, 6.07) is 8.17. The van der Waals surface area contributed by atoms with Crippen LogP contribution >= 0.6 is 0 Å².